The molecule has 0 aromatic rings. The largest absolute Gasteiger partial charge is 0.147 e. The fraction of sp³-hybridized carbons (Fsp3) is 1.00. The van der Waals surface area contributed by atoms with Crippen molar-refractivity contribution in [2.75, 3.05) is 0 Å². The van der Waals surface area contributed by atoms with Gasteiger partial charge in [-0.3, -0.25) is 0 Å². The summed E-state index contributed by atoms with van der Waals surface area (Å²) in [6, 6.07) is 0. The molecule has 0 aromatic heterocycles. The summed E-state index contributed by atoms with van der Waals surface area (Å²) in [6.45, 7) is 2.23. The maximum Gasteiger partial charge on any atom is -0.147 e. The van der Waals surface area contributed by atoms with Crippen LogP contribution >= 0.6 is 12.4 Å². The third-order valence-electron chi connectivity index (χ3n) is 1.63. The second-order valence-corrected chi connectivity index (χ2v) is 4.91. The standard InChI is InChI=1S/C8H17.ClH.O.Sn/c1-3-5-7-8-6-4-2;;;/h1,3-8H2,2H3;1H;;. The molecule has 0 atom stereocenters. The molecule has 0 amide bonds. The Bertz CT molecular complexity index is 78.5. The van der Waals surface area contributed by atoms with Gasteiger partial charge in [0.15, 0.2) is 0 Å². The molecule has 67 valence electrons. The summed E-state index contributed by atoms with van der Waals surface area (Å²) in [5, 5.41) is 0. The van der Waals surface area contributed by atoms with Gasteiger partial charge in [0, 0.05) is 0 Å². The van der Waals surface area contributed by atoms with E-state index in [9.17, 15) is 3.08 Å². The first-order chi connectivity index (χ1) is 4.91. The van der Waals surface area contributed by atoms with Gasteiger partial charge in [-0.2, -0.15) is 0 Å². The predicted molar refractivity (Wildman–Crippen MR) is 51.9 cm³/mol. The van der Waals surface area contributed by atoms with Gasteiger partial charge in [-0.25, -0.2) is 0 Å². The van der Waals surface area contributed by atoms with Crippen LogP contribution in [0.4, 0.5) is 0 Å². The van der Waals surface area contributed by atoms with E-state index in [-0.39, 0.29) is 12.4 Å². The number of hydrogen-bond donors (Lipinski definition) is 0. The molecule has 1 nitrogen and oxygen atoms in total. The van der Waals surface area contributed by atoms with Crippen LogP contribution in [0.1, 0.15) is 45.4 Å². The predicted octanol–water partition coefficient (Wildman–Crippen LogP) is 3.24. The molecule has 0 saturated carbocycles. The molecule has 0 aliphatic carbocycles. The van der Waals surface area contributed by atoms with Crippen LogP contribution in [0.3, 0.4) is 0 Å². The van der Waals surface area contributed by atoms with Crippen LogP contribution in [0.2, 0.25) is 4.44 Å². The molecule has 0 fully saturated rings. The molecular weight excluding hydrogens is 266 g/mol. The smallest absolute Gasteiger partial charge is 0.147 e. The SMILES string of the molecule is CCCCCCC[CH2][Sn]=[O].Cl. The third-order valence-corrected chi connectivity index (χ3v) is 3.22. The summed E-state index contributed by atoms with van der Waals surface area (Å²) in [5.41, 5.74) is 0. The first kappa shape index (κ1) is 14.4. The number of rotatable bonds is 7. The number of halogens is 1. The topological polar surface area (TPSA) is 17.1 Å². The van der Waals surface area contributed by atoms with Crippen LogP contribution in [0, 0.1) is 0 Å². The van der Waals surface area contributed by atoms with E-state index in [4.69, 9.17) is 0 Å². The number of unbranched alkanes of at least 4 members (excludes halogenated alkanes) is 5. The van der Waals surface area contributed by atoms with Crippen molar-refractivity contribution in [1.29, 1.82) is 0 Å². The van der Waals surface area contributed by atoms with Crippen molar-refractivity contribution in [2.24, 2.45) is 0 Å². The summed E-state index contributed by atoms with van der Waals surface area (Å²) in [4.78, 5) is 0. The minimum Gasteiger partial charge on any atom is -0.147 e. The van der Waals surface area contributed by atoms with Crippen LogP contribution in [0.5, 0.6) is 0 Å². The monoisotopic (exact) mass is 285 g/mol. The average molecular weight is 284 g/mol. The van der Waals surface area contributed by atoms with E-state index >= 15 is 0 Å². The molecule has 3 heteroatoms. The van der Waals surface area contributed by atoms with E-state index in [1.54, 1.807) is 0 Å². The second-order valence-electron chi connectivity index (χ2n) is 2.66. The quantitative estimate of drug-likeness (QED) is 0.518. The van der Waals surface area contributed by atoms with E-state index in [2.05, 4.69) is 6.92 Å². The van der Waals surface area contributed by atoms with E-state index < -0.39 is 21.1 Å². The van der Waals surface area contributed by atoms with Crippen LogP contribution in [0.25, 0.3) is 0 Å². The fourth-order valence-electron chi connectivity index (χ4n) is 0.977. The molecule has 0 spiro atoms. The van der Waals surface area contributed by atoms with Crippen molar-refractivity contribution in [3.05, 3.63) is 0 Å². The Morgan fingerprint density at radius 2 is 1.55 bits per heavy atom. The molecule has 11 heavy (non-hydrogen) atoms. The minimum absolute atomic E-state index is 0. The Morgan fingerprint density at radius 3 is 2.09 bits per heavy atom. The van der Waals surface area contributed by atoms with Gasteiger partial charge in [-0.1, -0.05) is 0 Å². The molecule has 1 radical (unpaired) electrons. The van der Waals surface area contributed by atoms with Crippen molar-refractivity contribution in [1.82, 2.24) is 0 Å². The van der Waals surface area contributed by atoms with Gasteiger partial charge in [0.05, 0.1) is 0 Å². The van der Waals surface area contributed by atoms with Gasteiger partial charge >= 0.3 is 74.1 Å². The Balaban J connectivity index is 0. The van der Waals surface area contributed by atoms with E-state index in [0.29, 0.717) is 0 Å². The number of hydrogen-bond acceptors (Lipinski definition) is 1. The molecule has 0 heterocycles. The van der Waals surface area contributed by atoms with E-state index in [1.807, 2.05) is 0 Å². The molecule has 0 aromatic carbocycles. The summed E-state index contributed by atoms with van der Waals surface area (Å²) in [5.74, 6) is 0. The normalized spacial score (nSPS) is 8.82. The van der Waals surface area contributed by atoms with Crippen molar-refractivity contribution in [3.8, 4) is 0 Å². The van der Waals surface area contributed by atoms with Crippen LogP contribution in [-0.4, -0.2) is 21.1 Å². The van der Waals surface area contributed by atoms with Crippen LogP contribution in [0.15, 0.2) is 0 Å². The molecular formula is C8H18ClOSn. The van der Waals surface area contributed by atoms with Gasteiger partial charge < -0.3 is 0 Å². The van der Waals surface area contributed by atoms with Gasteiger partial charge in [-0.15, -0.1) is 12.4 Å². The fourth-order valence-corrected chi connectivity index (χ4v) is 2.10. The molecule has 0 N–H and O–H groups in total. The summed E-state index contributed by atoms with van der Waals surface area (Å²) < 4.78 is 11.2. The summed E-state index contributed by atoms with van der Waals surface area (Å²) in [6.07, 6.45) is 7.95. The van der Waals surface area contributed by atoms with Crippen LogP contribution < -0.4 is 0 Å². The Kier molecular flexibility index (Phi) is 17.7. The first-order valence-electron chi connectivity index (χ1n) is 4.26. The van der Waals surface area contributed by atoms with E-state index in [0.717, 1.165) is 4.44 Å². The maximum atomic E-state index is 10.2. The van der Waals surface area contributed by atoms with Gasteiger partial charge in [0.2, 0.25) is 0 Å². The molecule has 0 aliphatic rings. The van der Waals surface area contributed by atoms with Crippen molar-refractivity contribution in [3.63, 3.8) is 0 Å². The van der Waals surface area contributed by atoms with Crippen molar-refractivity contribution < 1.29 is 3.08 Å². The zero-order valence-electron chi connectivity index (χ0n) is 7.27. The van der Waals surface area contributed by atoms with Crippen LogP contribution in [-0.2, 0) is 3.08 Å². The first-order valence-corrected chi connectivity index (χ1v) is 7.45. The van der Waals surface area contributed by atoms with E-state index in [1.165, 1.54) is 38.5 Å². The zero-order chi connectivity index (χ0) is 7.66. The van der Waals surface area contributed by atoms with Gasteiger partial charge in [0.1, 0.15) is 0 Å². The zero-order valence-corrected chi connectivity index (χ0v) is 10.9. The molecule has 0 unspecified atom stereocenters. The molecule has 0 bridgehead atoms. The average Bonchev–Trinajstić information content (AvgIpc) is 1.97. The molecule has 0 saturated heterocycles. The Hall–Kier alpha value is 0.889. The molecule has 0 aliphatic heterocycles. The molecule has 0 rings (SSSR count). The van der Waals surface area contributed by atoms with Crippen molar-refractivity contribution >= 4 is 33.5 Å². The maximum absolute atomic E-state index is 10.2. The summed E-state index contributed by atoms with van der Waals surface area (Å²) >= 11 is -1.10. The van der Waals surface area contributed by atoms with Gasteiger partial charge in [0.25, 0.3) is 0 Å². The van der Waals surface area contributed by atoms with Gasteiger partial charge in [-0.05, 0) is 0 Å². The third kappa shape index (κ3) is 13.8. The Morgan fingerprint density at radius 1 is 1.00 bits per heavy atom. The second kappa shape index (κ2) is 13.5. The summed E-state index contributed by atoms with van der Waals surface area (Å²) in [7, 11) is 0. The Labute approximate surface area is 86.3 Å². The minimum atomic E-state index is -1.10. The van der Waals surface area contributed by atoms with Crippen molar-refractivity contribution in [2.45, 2.75) is 49.9 Å².